The summed E-state index contributed by atoms with van der Waals surface area (Å²) < 4.78 is 31.8. The number of sulfonamides is 1. The van der Waals surface area contributed by atoms with Crippen molar-refractivity contribution >= 4 is 15.7 Å². The smallest absolute Gasteiger partial charge is 0.243 e. The van der Waals surface area contributed by atoms with Gasteiger partial charge >= 0.3 is 0 Å². The Hall–Kier alpha value is -1.37. The maximum atomic E-state index is 12.5. The molecule has 1 atom stereocenters. The maximum Gasteiger partial charge on any atom is 0.243 e. The highest BCUT2D eigenvalue weighted by molar-refractivity contribution is 7.89. The molecule has 5 nitrogen and oxygen atoms in total. The van der Waals surface area contributed by atoms with Crippen LogP contribution in [-0.4, -0.2) is 45.1 Å². The molecule has 6 heteroatoms. The number of morpholine rings is 1. The molecule has 0 bridgehead atoms. The second-order valence-corrected chi connectivity index (χ2v) is 7.60. The van der Waals surface area contributed by atoms with E-state index in [1.807, 2.05) is 12.1 Å². The first-order chi connectivity index (χ1) is 10.7. The Kier molecular flexibility index (Phi) is 4.81. The molecule has 0 saturated carbocycles. The van der Waals surface area contributed by atoms with Crippen molar-refractivity contribution in [3.05, 3.63) is 36.4 Å². The number of hydrogen-bond acceptors (Lipinski definition) is 4. The van der Waals surface area contributed by atoms with Gasteiger partial charge in [0.05, 0.1) is 18.1 Å². The SMILES string of the molecule is O=S(=O)(c1ccc(NC2CC=CCC2)cc1)N1CCOCC1. The number of anilines is 1. The molecule has 1 N–H and O–H groups in total. The summed E-state index contributed by atoms with van der Waals surface area (Å²) in [6.45, 7) is 1.79. The minimum Gasteiger partial charge on any atom is -0.382 e. The second-order valence-electron chi connectivity index (χ2n) is 5.67. The van der Waals surface area contributed by atoms with Crippen molar-refractivity contribution in [2.24, 2.45) is 0 Å². The number of allylic oxidation sites excluding steroid dienone is 1. The van der Waals surface area contributed by atoms with Crippen LogP contribution in [0.4, 0.5) is 5.69 Å². The van der Waals surface area contributed by atoms with Crippen LogP contribution >= 0.6 is 0 Å². The van der Waals surface area contributed by atoms with Crippen LogP contribution in [0.1, 0.15) is 19.3 Å². The van der Waals surface area contributed by atoms with Crippen molar-refractivity contribution in [1.82, 2.24) is 4.31 Å². The number of hydrogen-bond donors (Lipinski definition) is 1. The van der Waals surface area contributed by atoms with Crippen molar-refractivity contribution in [2.75, 3.05) is 31.6 Å². The molecule has 1 unspecified atom stereocenters. The molecule has 1 saturated heterocycles. The summed E-state index contributed by atoms with van der Waals surface area (Å²) in [7, 11) is -3.40. The lowest BCUT2D eigenvalue weighted by atomic mass is 10.0. The van der Waals surface area contributed by atoms with E-state index >= 15 is 0 Å². The summed E-state index contributed by atoms with van der Waals surface area (Å²) in [5, 5.41) is 3.46. The van der Waals surface area contributed by atoms with Crippen LogP contribution in [0.5, 0.6) is 0 Å². The van der Waals surface area contributed by atoms with Crippen molar-refractivity contribution in [3.63, 3.8) is 0 Å². The van der Waals surface area contributed by atoms with Crippen LogP contribution in [0, 0.1) is 0 Å². The third-order valence-corrected chi connectivity index (χ3v) is 6.01. The molecule has 0 aromatic heterocycles. The van der Waals surface area contributed by atoms with Crippen molar-refractivity contribution < 1.29 is 13.2 Å². The zero-order valence-corrected chi connectivity index (χ0v) is 13.4. The number of rotatable bonds is 4. The van der Waals surface area contributed by atoms with E-state index in [1.54, 1.807) is 12.1 Å². The molecule has 2 aliphatic rings. The lowest BCUT2D eigenvalue weighted by molar-refractivity contribution is 0.0730. The number of benzene rings is 1. The Labute approximate surface area is 132 Å². The normalized spacial score (nSPS) is 23.4. The van der Waals surface area contributed by atoms with E-state index in [-0.39, 0.29) is 0 Å². The molecule has 1 heterocycles. The average molecular weight is 322 g/mol. The lowest BCUT2D eigenvalue weighted by Crippen LogP contribution is -2.40. The molecule has 1 aromatic carbocycles. The zero-order valence-electron chi connectivity index (χ0n) is 12.6. The van der Waals surface area contributed by atoms with E-state index in [2.05, 4.69) is 17.5 Å². The van der Waals surface area contributed by atoms with Gasteiger partial charge in [-0.2, -0.15) is 4.31 Å². The maximum absolute atomic E-state index is 12.5. The first-order valence-electron chi connectivity index (χ1n) is 7.76. The van der Waals surface area contributed by atoms with E-state index in [0.29, 0.717) is 37.2 Å². The lowest BCUT2D eigenvalue weighted by Gasteiger charge is -2.26. The van der Waals surface area contributed by atoms with Gasteiger partial charge in [0.1, 0.15) is 0 Å². The van der Waals surface area contributed by atoms with Gasteiger partial charge in [-0.3, -0.25) is 0 Å². The molecule has 1 aromatic rings. The minimum absolute atomic E-state index is 0.350. The first kappa shape index (κ1) is 15.5. The summed E-state index contributed by atoms with van der Waals surface area (Å²) in [6.07, 6.45) is 7.63. The Morgan fingerprint density at radius 1 is 1.09 bits per heavy atom. The summed E-state index contributed by atoms with van der Waals surface area (Å²) >= 11 is 0. The summed E-state index contributed by atoms with van der Waals surface area (Å²) in [6, 6.07) is 7.52. The Bertz CT molecular complexity index is 619. The molecular formula is C16H22N2O3S. The van der Waals surface area contributed by atoms with Gasteiger partial charge in [-0.1, -0.05) is 12.2 Å². The molecule has 1 aliphatic carbocycles. The van der Waals surface area contributed by atoms with Crippen LogP contribution in [0.3, 0.4) is 0 Å². The zero-order chi connectivity index (χ0) is 15.4. The highest BCUT2D eigenvalue weighted by Gasteiger charge is 2.26. The Balaban J connectivity index is 1.69. The van der Waals surface area contributed by atoms with Crippen LogP contribution in [0.2, 0.25) is 0 Å². The van der Waals surface area contributed by atoms with Gasteiger partial charge in [-0.05, 0) is 43.5 Å². The molecule has 120 valence electrons. The number of nitrogens with one attached hydrogen (secondary N) is 1. The van der Waals surface area contributed by atoms with Crippen LogP contribution < -0.4 is 5.32 Å². The number of ether oxygens (including phenoxy) is 1. The van der Waals surface area contributed by atoms with Crippen LogP contribution in [0.15, 0.2) is 41.3 Å². The van der Waals surface area contributed by atoms with E-state index in [4.69, 9.17) is 4.74 Å². The first-order valence-corrected chi connectivity index (χ1v) is 9.20. The third kappa shape index (κ3) is 3.51. The fraction of sp³-hybridized carbons (Fsp3) is 0.500. The van der Waals surface area contributed by atoms with Gasteiger partial charge in [-0.15, -0.1) is 0 Å². The van der Waals surface area contributed by atoms with E-state index in [1.165, 1.54) is 4.31 Å². The van der Waals surface area contributed by atoms with Gasteiger partial charge in [0.2, 0.25) is 10.0 Å². The fourth-order valence-electron chi connectivity index (χ4n) is 2.82. The minimum atomic E-state index is -3.40. The van der Waals surface area contributed by atoms with Gasteiger partial charge in [0.25, 0.3) is 0 Å². The van der Waals surface area contributed by atoms with Crippen LogP contribution in [0.25, 0.3) is 0 Å². The van der Waals surface area contributed by atoms with Crippen molar-refractivity contribution in [2.45, 2.75) is 30.2 Å². The van der Waals surface area contributed by atoms with E-state index in [0.717, 1.165) is 24.9 Å². The van der Waals surface area contributed by atoms with Gasteiger partial charge < -0.3 is 10.1 Å². The Morgan fingerprint density at radius 2 is 1.82 bits per heavy atom. The van der Waals surface area contributed by atoms with Gasteiger partial charge in [0.15, 0.2) is 0 Å². The number of nitrogens with zero attached hydrogens (tertiary/aromatic N) is 1. The molecular weight excluding hydrogens is 300 g/mol. The molecule has 0 amide bonds. The summed E-state index contributed by atoms with van der Waals surface area (Å²) in [5.74, 6) is 0. The van der Waals surface area contributed by atoms with Gasteiger partial charge in [0, 0.05) is 24.8 Å². The van der Waals surface area contributed by atoms with Crippen molar-refractivity contribution in [1.29, 1.82) is 0 Å². The quantitative estimate of drug-likeness (QED) is 0.864. The molecule has 1 fully saturated rings. The second kappa shape index (κ2) is 6.81. The highest BCUT2D eigenvalue weighted by Crippen LogP contribution is 2.21. The molecule has 1 aliphatic heterocycles. The predicted octanol–water partition coefficient (Wildman–Crippen LogP) is 2.23. The molecule has 22 heavy (non-hydrogen) atoms. The predicted molar refractivity (Wildman–Crippen MR) is 86.4 cm³/mol. The molecule has 0 radical (unpaired) electrons. The molecule has 3 rings (SSSR count). The molecule has 0 spiro atoms. The summed E-state index contributed by atoms with van der Waals surface area (Å²) in [5.41, 5.74) is 0.973. The van der Waals surface area contributed by atoms with Crippen LogP contribution in [-0.2, 0) is 14.8 Å². The standard InChI is InChI=1S/C16H22N2O3S/c19-22(20,18-10-12-21-13-11-18)16-8-6-15(7-9-16)17-14-4-2-1-3-5-14/h1-2,6-9,14,17H,3-5,10-13H2. The largest absolute Gasteiger partial charge is 0.382 e. The highest BCUT2D eigenvalue weighted by atomic mass is 32.2. The van der Waals surface area contributed by atoms with E-state index < -0.39 is 10.0 Å². The average Bonchev–Trinajstić information content (AvgIpc) is 2.57. The Morgan fingerprint density at radius 3 is 2.45 bits per heavy atom. The van der Waals surface area contributed by atoms with Crippen molar-refractivity contribution in [3.8, 4) is 0 Å². The summed E-state index contributed by atoms with van der Waals surface area (Å²) in [4.78, 5) is 0.350. The van der Waals surface area contributed by atoms with Gasteiger partial charge in [-0.25, -0.2) is 8.42 Å². The third-order valence-electron chi connectivity index (χ3n) is 4.10. The van der Waals surface area contributed by atoms with E-state index in [9.17, 15) is 8.42 Å². The monoisotopic (exact) mass is 322 g/mol. The fourth-order valence-corrected chi connectivity index (χ4v) is 4.23. The topological polar surface area (TPSA) is 58.6 Å².